The zero-order chi connectivity index (χ0) is 42.5. The number of allylic oxidation sites excluding steroid dienone is 1. The molecule has 6 atom stereocenters. The molecule has 1 aliphatic heterocycles. The Bertz CT molecular complexity index is 1930. The second-order valence-corrected chi connectivity index (χ2v) is 15.9. The van der Waals surface area contributed by atoms with Crippen molar-refractivity contribution < 1.29 is 48.6 Å². The van der Waals surface area contributed by atoms with Gasteiger partial charge in [-0.1, -0.05) is 66.5 Å². The molecule has 2 aliphatic carbocycles. The van der Waals surface area contributed by atoms with Crippen molar-refractivity contribution in [3.05, 3.63) is 113 Å². The molecule has 1 amide bonds. The quantitative estimate of drug-likeness (QED) is 0.0517. The number of aliphatic hydroxyl groups excluding tert-OH is 3. The van der Waals surface area contributed by atoms with Crippen molar-refractivity contribution in [2.45, 2.75) is 83.1 Å². The molecule has 6 rings (SSSR count). The van der Waals surface area contributed by atoms with Crippen LogP contribution in [-0.2, 0) is 25.7 Å². The molecule has 3 N–H and O–H groups in total. The van der Waals surface area contributed by atoms with Crippen molar-refractivity contribution in [2.75, 3.05) is 53.3 Å². The molecule has 0 spiro atoms. The molecule has 0 radical (unpaired) electrons. The summed E-state index contributed by atoms with van der Waals surface area (Å²) >= 11 is 0. The molecule has 3 aromatic rings. The predicted molar refractivity (Wildman–Crippen MR) is 229 cm³/mol. The lowest BCUT2D eigenvalue weighted by Gasteiger charge is -2.59. The van der Waals surface area contributed by atoms with E-state index >= 15 is 0 Å². The summed E-state index contributed by atoms with van der Waals surface area (Å²) in [6, 6.07) is 21.0. The van der Waals surface area contributed by atoms with Crippen LogP contribution in [0, 0.1) is 31.6 Å². The van der Waals surface area contributed by atoms with E-state index in [1.165, 1.54) is 12.7 Å². The average molecular weight is 827 g/mol. The number of ether oxygens (including phenoxy) is 5. The van der Waals surface area contributed by atoms with Crippen molar-refractivity contribution in [1.82, 2.24) is 4.90 Å². The van der Waals surface area contributed by atoms with E-state index in [0.29, 0.717) is 30.1 Å². The molecule has 3 aliphatic rings. The summed E-state index contributed by atoms with van der Waals surface area (Å²) < 4.78 is 32.0. The van der Waals surface area contributed by atoms with E-state index < -0.39 is 23.8 Å². The monoisotopic (exact) mass is 826 g/mol. The maximum Gasteiger partial charge on any atom is 0.410 e. The smallest absolute Gasteiger partial charge is 0.410 e. The minimum atomic E-state index is -1.46. The summed E-state index contributed by atoms with van der Waals surface area (Å²) in [5, 5.41) is 34.2. The van der Waals surface area contributed by atoms with E-state index in [2.05, 4.69) is 38.6 Å². The molecule has 0 saturated heterocycles. The number of aliphatic hydroxyl groups is 3. The molecule has 1 fully saturated rings. The maximum atomic E-state index is 14.0. The fourth-order valence-electron chi connectivity index (χ4n) is 9.21. The van der Waals surface area contributed by atoms with Crippen LogP contribution in [0.4, 0.5) is 4.79 Å². The highest BCUT2D eigenvalue weighted by Gasteiger charge is 2.65. The number of fused-ring (bicyclic) bond motifs is 2. The Morgan fingerprint density at radius 3 is 2.40 bits per heavy atom. The van der Waals surface area contributed by atoms with Gasteiger partial charge in [-0.15, -0.1) is 6.58 Å². The Morgan fingerprint density at radius 1 is 0.933 bits per heavy atom. The van der Waals surface area contributed by atoms with E-state index in [9.17, 15) is 20.1 Å². The lowest BCUT2D eigenvalue weighted by molar-refractivity contribution is -0.255. The summed E-state index contributed by atoms with van der Waals surface area (Å²) in [6.45, 7) is 8.89. The number of hydrogen-bond acceptors (Lipinski definition) is 11. The van der Waals surface area contributed by atoms with Gasteiger partial charge < -0.3 is 43.8 Å². The van der Waals surface area contributed by atoms with Crippen LogP contribution in [0.5, 0.6) is 17.2 Å². The second-order valence-electron chi connectivity index (χ2n) is 15.9. The first-order valence-corrected chi connectivity index (χ1v) is 21.3. The Labute approximate surface area is 354 Å². The van der Waals surface area contributed by atoms with E-state index in [-0.39, 0.29) is 77.0 Å². The minimum absolute atomic E-state index is 0.0416. The van der Waals surface area contributed by atoms with Gasteiger partial charge in [-0.3, -0.25) is 4.90 Å². The van der Waals surface area contributed by atoms with Crippen molar-refractivity contribution in [2.24, 2.45) is 22.9 Å². The van der Waals surface area contributed by atoms with Gasteiger partial charge >= 0.3 is 6.09 Å². The number of oxime groups is 1. The summed E-state index contributed by atoms with van der Waals surface area (Å²) in [5.41, 5.74) is 5.81. The van der Waals surface area contributed by atoms with Crippen LogP contribution < -0.4 is 9.47 Å². The molecule has 0 unspecified atom stereocenters. The first-order valence-electron chi connectivity index (χ1n) is 21.3. The van der Waals surface area contributed by atoms with Gasteiger partial charge in [0, 0.05) is 37.7 Å². The zero-order valence-corrected chi connectivity index (χ0v) is 35.3. The highest BCUT2D eigenvalue weighted by molar-refractivity contribution is 6.03. The summed E-state index contributed by atoms with van der Waals surface area (Å²) in [6.07, 6.45) is 8.17. The Hall–Kier alpha value is -4.72. The first-order chi connectivity index (χ1) is 29.3. The standard InChI is InChI=1S/C48H62N2O10/c1-5-25-57-48-44(50(47(54)55-4)21-26-56-27-24-53)31-42(49-58-32-35-13-7-6-8-14-35)40-29-36(15-9-11-22-51)39(16-10-12-23-52)45(46(40)48)41-30-38(19-20-43(41)60-48)59-37-18-17-33(2)34(3)28-37/h5-8,13-14,17-20,28-30,36,39,44-46,51-53H,1,9-12,15-16,21-27,31-32H2,2-4H3/t36-,39+,44-,45+,46+,48+/m0/s1. The van der Waals surface area contributed by atoms with Crippen LogP contribution in [0.25, 0.3) is 0 Å². The lowest BCUT2D eigenvalue weighted by atomic mass is 9.55. The van der Waals surface area contributed by atoms with Gasteiger partial charge in [0.05, 0.1) is 45.2 Å². The SMILES string of the molecule is C=CCO[C@@]12Oc3ccc(Oc4ccc(C)c(C)c4)cc3[C@H]3[C@H](CCCCO)[C@@H](CCCCO)C=C(C(=NOCc4ccccc4)C[C@@H]1N(CCOCCO)C(=O)OC)[C@H]32. The molecule has 0 bridgehead atoms. The van der Waals surface area contributed by atoms with Crippen molar-refractivity contribution in [3.8, 4) is 17.2 Å². The normalized spacial score (nSPS) is 23.5. The third-order valence-electron chi connectivity index (χ3n) is 12.1. The number of amides is 1. The highest BCUT2D eigenvalue weighted by atomic mass is 16.7. The van der Waals surface area contributed by atoms with E-state index in [4.69, 9.17) is 33.7 Å². The van der Waals surface area contributed by atoms with Crippen LogP contribution in [0.15, 0.2) is 96.2 Å². The van der Waals surface area contributed by atoms with Crippen LogP contribution in [0.2, 0.25) is 0 Å². The molecule has 1 heterocycles. The minimum Gasteiger partial charge on any atom is -0.459 e. The molecule has 324 valence electrons. The topological polar surface area (TPSA) is 149 Å². The van der Waals surface area contributed by atoms with E-state index in [0.717, 1.165) is 53.7 Å². The van der Waals surface area contributed by atoms with Crippen molar-refractivity contribution in [1.29, 1.82) is 0 Å². The number of carbonyl (C=O) groups excluding carboxylic acids is 1. The molecule has 0 aromatic heterocycles. The number of unbranched alkanes of at least 4 members (excludes halogenated alkanes) is 2. The number of carbonyl (C=O) groups is 1. The molecular weight excluding hydrogens is 765 g/mol. The fraction of sp³-hybridized carbons (Fsp3) is 0.500. The first kappa shape index (κ1) is 44.8. The summed E-state index contributed by atoms with van der Waals surface area (Å²) in [4.78, 5) is 21.7. The average Bonchev–Trinajstić information content (AvgIpc) is 3.26. The van der Waals surface area contributed by atoms with Crippen molar-refractivity contribution >= 4 is 11.8 Å². The van der Waals surface area contributed by atoms with Gasteiger partial charge in [0.1, 0.15) is 29.9 Å². The number of nitrogens with zero attached hydrogens (tertiary/aromatic N) is 2. The van der Waals surface area contributed by atoms with Gasteiger partial charge in [-0.2, -0.15) is 0 Å². The third-order valence-corrected chi connectivity index (χ3v) is 12.1. The maximum absolute atomic E-state index is 14.0. The van der Waals surface area contributed by atoms with Gasteiger partial charge in [0.25, 0.3) is 0 Å². The Morgan fingerprint density at radius 2 is 1.68 bits per heavy atom. The molecule has 12 heteroatoms. The van der Waals surface area contributed by atoms with E-state index in [1.807, 2.05) is 54.6 Å². The van der Waals surface area contributed by atoms with Gasteiger partial charge in [0.2, 0.25) is 5.79 Å². The molecule has 1 saturated carbocycles. The number of rotatable bonds is 22. The summed E-state index contributed by atoms with van der Waals surface area (Å²) in [7, 11) is 1.35. The van der Waals surface area contributed by atoms with Crippen LogP contribution in [0.1, 0.15) is 73.1 Å². The number of benzene rings is 3. The largest absolute Gasteiger partial charge is 0.459 e. The van der Waals surface area contributed by atoms with Gasteiger partial charge in [-0.25, -0.2) is 4.79 Å². The molecular formula is C48H62N2O10. The van der Waals surface area contributed by atoms with Crippen molar-refractivity contribution in [3.63, 3.8) is 0 Å². The predicted octanol–water partition coefficient (Wildman–Crippen LogP) is 8.01. The zero-order valence-electron chi connectivity index (χ0n) is 35.3. The summed E-state index contributed by atoms with van der Waals surface area (Å²) in [5.74, 6) is -0.0788. The number of methoxy groups -OCH3 is 1. The number of hydrogen-bond donors (Lipinski definition) is 3. The fourth-order valence-corrected chi connectivity index (χ4v) is 9.21. The van der Waals surface area contributed by atoms with E-state index in [1.54, 1.807) is 11.0 Å². The van der Waals surface area contributed by atoms with Crippen LogP contribution in [0.3, 0.4) is 0 Å². The molecule has 12 nitrogen and oxygen atoms in total. The molecule has 3 aromatic carbocycles. The highest BCUT2D eigenvalue weighted by Crippen LogP contribution is 2.62. The van der Waals surface area contributed by atoms with Gasteiger partial charge in [-0.05, 0) is 104 Å². The van der Waals surface area contributed by atoms with Crippen LogP contribution >= 0.6 is 0 Å². The van der Waals surface area contributed by atoms with Crippen LogP contribution in [-0.4, -0.2) is 97.1 Å². The lowest BCUT2D eigenvalue weighted by Crippen LogP contribution is -2.70. The third kappa shape index (κ3) is 10.2. The molecule has 60 heavy (non-hydrogen) atoms. The second kappa shape index (κ2) is 21.7. The van der Waals surface area contributed by atoms with Gasteiger partial charge in [0.15, 0.2) is 0 Å². The Balaban J connectivity index is 1.57. The number of aryl methyl sites for hydroxylation is 2. The Kier molecular flexibility index (Phi) is 16.2.